The van der Waals surface area contributed by atoms with E-state index in [1.807, 2.05) is 25.8 Å². The van der Waals surface area contributed by atoms with Gasteiger partial charge in [0, 0.05) is 13.6 Å². The molecule has 0 aromatic heterocycles. The van der Waals surface area contributed by atoms with Crippen LogP contribution in [0, 0.1) is 23.2 Å². The summed E-state index contributed by atoms with van der Waals surface area (Å²) in [5.41, 5.74) is 5.25. The molecule has 2 rings (SSSR count). The summed E-state index contributed by atoms with van der Waals surface area (Å²) >= 11 is 5.19. The molecule has 3 unspecified atom stereocenters. The number of carbonyl (C=O) groups is 1. The van der Waals surface area contributed by atoms with Crippen LogP contribution in [0.25, 0.3) is 0 Å². The Balaban J connectivity index is 2.02. The predicted octanol–water partition coefficient (Wildman–Crippen LogP) is 2.97. The van der Waals surface area contributed by atoms with Crippen molar-refractivity contribution in [3.63, 3.8) is 0 Å². The van der Waals surface area contributed by atoms with Crippen LogP contribution in [0.5, 0.6) is 0 Å². The van der Waals surface area contributed by atoms with Crippen LogP contribution in [-0.4, -0.2) is 29.4 Å². The molecule has 0 saturated heterocycles. The Bertz CT molecular complexity index is 392. The first-order valence-corrected chi connectivity index (χ1v) is 8.40. The van der Waals surface area contributed by atoms with E-state index in [0.29, 0.717) is 23.7 Å². The third kappa shape index (κ3) is 2.59. The molecule has 2 aliphatic carbocycles. The summed E-state index contributed by atoms with van der Waals surface area (Å²) in [6.45, 7) is 4.89. The second-order valence-electron chi connectivity index (χ2n) is 6.77. The van der Waals surface area contributed by atoms with E-state index in [1.54, 1.807) is 0 Å². The third-order valence-electron chi connectivity index (χ3n) is 5.83. The Morgan fingerprint density at radius 3 is 2.35 bits per heavy atom. The molecule has 2 fully saturated rings. The average molecular weight is 296 g/mol. The summed E-state index contributed by atoms with van der Waals surface area (Å²) in [7, 11) is 1.92. The monoisotopic (exact) mass is 296 g/mol. The topological polar surface area (TPSA) is 46.3 Å². The molecular formula is C16H28N2OS. The fourth-order valence-electron chi connectivity index (χ4n) is 4.41. The largest absolute Gasteiger partial charge is 0.392 e. The van der Waals surface area contributed by atoms with Crippen LogP contribution >= 0.6 is 12.2 Å². The first kappa shape index (κ1) is 15.7. The van der Waals surface area contributed by atoms with Gasteiger partial charge in [0.1, 0.15) is 0 Å². The van der Waals surface area contributed by atoms with Crippen LogP contribution in [-0.2, 0) is 4.79 Å². The normalized spacial score (nSPS) is 28.6. The number of thiocarbonyl (C=S) groups is 1. The number of nitrogens with two attached hydrogens (primary N) is 1. The molecule has 2 bridgehead atoms. The molecule has 0 radical (unpaired) electrons. The van der Waals surface area contributed by atoms with Crippen molar-refractivity contribution in [2.24, 2.45) is 28.9 Å². The highest BCUT2D eigenvalue weighted by molar-refractivity contribution is 7.80. The van der Waals surface area contributed by atoms with E-state index < -0.39 is 5.41 Å². The van der Waals surface area contributed by atoms with Gasteiger partial charge >= 0.3 is 0 Å². The van der Waals surface area contributed by atoms with Crippen molar-refractivity contribution >= 4 is 23.1 Å². The molecule has 3 atom stereocenters. The minimum atomic E-state index is -0.637. The zero-order chi connectivity index (χ0) is 14.9. The number of rotatable bonds is 6. The van der Waals surface area contributed by atoms with Crippen molar-refractivity contribution in [3.05, 3.63) is 0 Å². The lowest BCUT2D eigenvalue weighted by Crippen LogP contribution is -2.50. The highest BCUT2D eigenvalue weighted by atomic mass is 32.1. The lowest BCUT2D eigenvalue weighted by atomic mass is 9.80. The first-order chi connectivity index (χ1) is 9.44. The number of amides is 1. The first-order valence-electron chi connectivity index (χ1n) is 8.00. The Hall–Kier alpha value is -0.640. The Morgan fingerprint density at radius 1 is 1.30 bits per heavy atom. The molecule has 1 amide bonds. The van der Waals surface area contributed by atoms with Crippen molar-refractivity contribution in [3.8, 4) is 0 Å². The van der Waals surface area contributed by atoms with E-state index in [9.17, 15) is 4.79 Å². The molecular weight excluding hydrogens is 268 g/mol. The highest BCUT2D eigenvalue weighted by Gasteiger charge is 2.43. The second kappa shape index (κ2) is 6.00. The Labute approximate surface area is 128 Å². The SMILES string of the molecule is CCC(CC)(C(=O)N(C)CC1CC2CCC1C2)C(N)=S. The molecule has 2 saturated carbocycles. The molecule has 0 spiro atoms. The number of hydrogen-bond donors (Lipinski definition) is 1. The summed E-state index contributed by atoms with van der Waals surface area (Å²) in [6, 6.07) is 0. The number of nitrogens with zero attached hydrogens (tertiary/aromatic N) is 1. The molecule has 0 heterocycles. The van der Waals surface area contributed by atoms with E-state index in [-0.39, 0.29) is 5.91 Å². The van der Waals surface area contributed by atoms with Gasteiger partial charge in [-0.15, -0.1) is 0 Å². The van der Waals surface area contributed by atoms with Gasteiger partial charge in [-0.25, -0.2) is 0 Å². The number of carbonyl (C=O) groups excluding carboxylic acids is 1. The van der Waals surface area contributed by atoms with E-state index in [0.717, 1.165) is 18.4 Å². The van der Waals surface area contributed by atoms with Gasteiger partial charge in [0.05, 0.1) is 10.4 Å². The van der Waals surface area contributed by atoms with Gasteiger partial charge in [-0.1, -0.05) is 32.5 Å². The summed E-state index contributed by atoms with van der Waals surface area (Å²) in [6.07, 6.45) is 6.84. The van der Waals surface area contributed by atoms with E-state index in [1.165, 1.54) is 25.7 Å². The van der Waals surface area contributed by atoms with Gasteiger partial charge in [0.15, 0.2) is 0 Å². The standard InChI is InChI=1S/C16H28N2OS/c1-4-16(5-2,14(17)20)15(19)18(3)10-13-9-11-6-7-12(13)8-11/h11-13H,4-10H2,1-3H3,(H2,17,20). The Kier molecular flexibility index (Phi) is 4.73. The number of hydrogen-bond acceptors (Lipinski definition) is 2. The smallest absolute Gasteiger partial charge is 0.235 e. The van der Waals surface area contributed by atoms with E-state index in [4.69, 9.17) is 18.0 Å². The molecule has 4 heteroatoms. The summed E-state index contributed by atoms with van der Waals surface area (Å²) in [5.74, 6) is 2.59. The minimum Gasteiger partial charge on any atom is -0.392 e. The molecule has 0 aromatic rings. The van der Waals surface area contributed by atoms with E-state index >= 15 is 0 Å². The van der Waals surface area contributed by atoms with Crippen LogP contribution in [0.1, 0.15) is 52.4 Å². The van der Waals surface area contributed by atoms with Gasteiger partial charge < -0.3 is 10.6 Å². The highest BCUT2D eigenvalue weighted by Crippen LogP contribution is 2.48. The maximum absolute atomic E-state index is 12.8. The van der Waals surface area contributed by atoms with Crippen LogP contribution < -0.4 is 5.73 Å². The third-order valence-corrected chi connectivity index (χ3v) is 6.22. The zero-order valence-corrected chi connectivity index (χ0v) is 13.8. The van der Waals surface area contributed by atoms with Gasteiger partial charge in [-0.3, -0.25) is 4.79 Å². The van der Waals surface area contributed by atoms with Crippen molar-refractivity contribution in [1.82, 2.24) is 4.90 Å². The number of fused-ring (bicyclic) bond motifs is 2. The van der Waals surface area contributed by atoms with Crippen LogP contribution in [0.15, 0.2) is 0 Å². The Morgan fingerprint density at radius 2 is 1.95 bits per heavy atom. The maximum atomic E-state index is 12.8. The fourth-order valence-corrected chi connectivity index (χ4v) is 4.78. The zero-order valence-electron chi connectivity index (χ0n) is 13.0. The second-order valence-corrected chi connectivity index (χ2v) is 7.21. The van der Waals surface area contributed by atoms with Crippen LogP contribution in [0.3, 0.4) is 0 Å². The van der Waals surface area contributed by atoms with Gasteiger partial charge in [-0.05, 0) is 49.9 Å². The van der Waals surface area contributed by atoms with Gasteiger partial charge in [0.2, 0.25) is 5.91 Å². The average Bonchev–Trinajstić information content (AvgIpc) is 3.02. The predicted molar refractivity (Wildman–Crippen MR) is 86.4 cm³/mol. The molecule has 3 nitrogen and oxygen atoms in total. The van der Waals surface area contributed by atoms with Gasteiger partial charge in [0.25, 0.3) is 0 Å². The molecule has 114 valence electrons. The molecule has 2 aliphatic rings. The fraction of sp³-hybridized carbons (Fsp3) is 0.875. The van der Waals surface area contributed by atoms with Crippen molar-refractivity contribution in [2.75, 3.05) is 13.6 Å². The minimum absolute atomic E-state index is 0.123. The maximum Gasteiger partial charge on any atom is 0.235 e. The molecule has 2 N–H and O–H groups in total. The van der Waals surface area contributed by atoms with Crippen molar-refractivity contribution < 1.29 is 4.79 Å². The van der Waals surface area contributed by atoms with E-state index in [2.05, 4.69) is 0 Å². The lowest BCUT2D eigenvalue weighted by Gasteiger charge is -2.35. The van der Waals surface area contributed by atoms with Gasteiger partial charge in [-0.2, -0.15) is 0 Å². The quantitative estimate of drug-likeness (QED) is 0.767. The molecule has 0 aromatic carbocycles. The summed E-state index contributed by atoms with van der Waals surface area (Å²) < 4.78 is 0. The van der Waals surface area contributed by atoms with Crippen molar-refractivity contribution in [2.45, 2.75) is 52.4 Å². The van der Waals surface area contributed by atoms with Crippen LogP contribution in [0.4, 0.5) is 0 Å². The molecule has 0 aliphatic heterocycles. The molecule has 20 heavy (non-hydrogen) atoms. The van der Waals surface area contributed by atoms with Crippen molar-refractivity contribution in [1.29, 1.82) is 0 Å². The van der Waals surface area contributed by atoms with Crippen LogP contribution in [0.2, 0.25) is 0 Å². The summed E-state index contributed by atoms with van der Waals surface area (Å²) in [4.78, 5) is 15.1. The summed E-state index contributed by atoms with van der Waals surface area (Å²) in [5, 5.41) is 0. The lowest BCUT2D eigenvalue weighted by molar-refractivity contribution is -0.138.